The second-order valence-corrected chi connectivity index (χ2v) is 5.21. The monoisotopic (exact) mass is 244 g/mol. The molecule has 0 amide bonds. The molecule has 0 radical (unpaired) electrons. The van der Waals surface area contributed by atoms with Crippen LogP contribution in [0.1, 0.15) is 19.8 Å². The third-order valence-electron chi connectivity index (χ3n) is 2.28. The molecular formula is C10H16N2O3S. The molecule has 2 atom stereocenters. The highest BCUT2D eigenvalue weighted by Gasteiger charge is 2.21. The highest BCUT2D eigenvalue weighted by atomic mass is 32.2. The van der Waals surface area contributed by atoms with Gasteiger partial charge < -0.3 is 9.67 Å². The van der Waals surface area contributed by atoms with Gasteiger partial charge in [-0.15, -0.1) is 0 Å². The maximum Gasteiger partial charge on any atom is 0.319 e. The summed E-state index contributed by atoms with van der Waals surface area (Å²) in [6.07, 6.45) is 6.32. The van der Waals surface area contributed by atoms with Crippen LogP contribution in [-0.2, 0) is 22.1 Å². The molecular weight excluding hydrogens is 228 g/mol. The van der Waals surface area contributed by atoms with E-state index in [0.29, 0.717) is 18.6 Å². The molecule has 1 aromatic heterocycles. The summed E-state index contributed by atoms with van der Waals surface area (Å²) in [5.74, 6) is -0.549. The molecule has 90 valence electrons. The minimum atomic E-state index is -1.28. The van der Waals surface area contributed by atoms with Gasteiger partial charge in [0.2, 0.25) is 0 Å². The third kappa shape index (κ3) is 3.77. The first-order chi connectivity index (χ1) is 7.65. The van der Waals surface area contributed by atoms with Crippen LogP contribution in [0.25, 0.3) is 0 Å². The fourth-order valence-electron chi connectivity index (χ4n) is 1.42. The number of aryl methyl sites for hydroxylation is 1. The largest absolute Gasteiger partial charge is 0.480 e. The van der Waals surface area contributed by atoms with E-state index in [4.69, 9.17) is 5.11 Å². The number of hydrogen-bond acceptors (Lipinski definition) is 3. The van der Waals surface area contributed by atoms with Gasteiger partial charge in [-0.1, -0.05) is 6.92 Å². The SMILES string of the molecule is CCC(C(=O)O)S(=O)CCCn1ccnc1. The van der Waals surface area contributed by atoms with Crippen molar-refractivity contribution in [2.24, 2.45) is 0 Å². The predicted molar refractivity (Wildman–Crippen MR) is 61.6 cm³/mol. The maximum absolute atomic E-state index is 11.6. The van der Waals surface area contributed by atoms with E-state index in [1.54, 1.807) is 19.4 Å². The predicted octanol–water partition coefficient (Wildman–Crippen LogP) is 0.885. The van der Waals surface area contributed by atoms with Crippen molar-refractivity contribution in [2.75, 3.05) is 5.75 Å². The molecule has 0 spiro atoms. The Morgan fingerprint density at radius 3 is 2.88 bits per heavy atom. The third-order valence-corrected chi connectivity index (χ3v) is 4.15. The molecule has 0 aromatic carbocycles. The zero-order chi connectivity index (χ0) is 12.0. The number of nitrogens with zero attached hydrogens (tertiary/aromatic N) is 2. The molecule has 2 unspecified atom stereocenters. The summed E-state index contributed by atoms with van der Waals surface area (Å²) in [5.41, 5.74) is 0. The van der Waals surface area contributed by atoms with Crippen LogP contribution in [0.5, 0.6) is 0 Å². The first-order valence-corrected chi connectivity index (χ1v) is 6.59. The van der Waals surface area contributed by atoms with Gasteiger partial charge in [0.05, 0.1) is 6.33 Å². The quantitative estimate of drug-likeness (QED) is 0.773. The molecule has 0 bridgehead atoms. The molecule has 0 aliphatic rings. The Morgan fingerprint density at radius 1 is 1.62 bits per heavy atom. The minimum Gasteiger partial charge on any atom is -0.480 e. The molecule has 6 heteroatoms. The van der Waals surface area contributed by atoms with Crippen molar-refractivity contribution in [3.05, 3.63) is 18.7 Å². The van der Waals surface area contributed by atoms with Gasteiger partial charge in [0.25, 0.3) is 0 Å². The van der Waals surface area contributed by atoms with E-state index >= 15 is 0 Å². The van der Waals surface area contributed by atoms with Crippen molar-refractivity contribution < 1.29 is 14.1 Å². The van der Waals surface area contributed by atoms with Crippen LogP contribution in [0.2, 0.25) is 0 Å². The Balaban J connectivity index is 2.32. The average Bonchev–Trinajstić information content (AvgIpc) is 2.71. The zero-order valence-electron chi connectivity index (χ0n) is 9.20. The lowest BCUT2D eigenvalue weighted by Crippen LogP contribution is -2.26. The van der Waals surface area contributed by atoms with E-state index < -0.39 is 22.0 Å². The van der Waals surface area contributed by atoms with E-state index in [0.717, 1.165) is 6.54 Å². The van der Waals surface area contributed by atoms with Crippen LogP contribution in [0.3, 0.4) is 0 Å². The van der Waals surface area contributed by atoms with Crippen LogP contribution < -0.4 is 0 Å². The fraction of sp³-hybridized carbons (Fsp3) is 0.600. The number of rotatable bonds is 7. The lowest BCUT2D eigenvalue weighted by molar-refractivity contribution is -0.136. The summed E-state index contributed by atoms with van der Waals surface area (Å²) >= 11 is 0. The summed E-state index contributed by atoms with van der Waals surface area (Å²) in [7, 11) is -1.28. The number of aliphatic carboxylic acids is 1. The van der Waals surface area contributed by atoms with Gasteiger partial charge in [-0.3, -0.25) is 9.00 Å². The molecule has 0 aliphatic carbocycles. The van der Waals surface area contributed by atoms with E-state index in [1.165, 1.54) is 0 Å². The summed E-state index contributed by atoms with van der Waals surface area (Å²) < 4.78 is 13.5. The highest BCUT2D eigenvalue weighted by molar-refractivity contribution is 7.86. The summed E-state index contributed by atoms with van der Waals surface area (Å²) in [6, 6.07) is 0. The van der Waals surface area contributed by atoms with Gasteiger partial charge in [0.1, 0.15) is 5.25 Å². The van der Waals surface area contributed by atoms with E-state index in [2.05, 4.69) is 4.98 Å². The number of carboxylic acids is 1. The van der Waals surface area contributed by atoms with E-state index in [1.807, 2.05) is 10.8 Å². The normalized spacial score (nSPS) is 14.6. The second kappa shape index (κ2) is 6.42. The van der Waals surface area contributed by atoms with Gasteiger partial charge in [-0.2, -0.15) is 0 Å². The Bertz CT molecular complexity index is 351. The molecule has 1 heterocycles. The van der Waals surface area contributed by atoms with Crippen molar-refractivity contribution in [1.29, 1.82) is 0 Å². The first kappa shape index (κ1) is 12.9. The molecule has 0 saturated heterocycles. The molecule has 1 N–H and O–H groups in total. The number of carboxylic acid groups (broad SMARTS) is 1. The van der Waals surface area contributed by atoms with Gasteiger partial charge in [-0.25, -0.2) is 4.98 Å². The van der Waals surface area contributed by atoms with Crippen LogP contribution >= 0.6 is 0 Å². The second-order valence-electron chi connectivity index (χ2n) is 3.47. The number of imidazole rings is 1. The van der Waals surface area contributed by atoms with Crippen molar-refractivity contribution >= 4 is 16.8 Å². The van der Waals surface area contributed by atoms with Crippen molar-refractivity contribution in [2.45, 2.75) is 31.6 Å². The molecule has 5 nitrogen and oxygen atoms in total. The zero-order valence-corrected chi connectivity index (χ0v) is 10.0. The van der Waals surface area contributed by atoms with Crippen LogP contribution in [0.15, 0.2) is 18.7 Å². The summed E-state index contributed by atoms with van der Waals surface area (Å²) in [6.45, 7) is 2.47. The number of hydrogen-bond donors (Lipinski definition) is 1. The van der Waals surface area contributed by atoms with Crippen molar-refractivity contribution in [1.82, 2.24) is 9.55 Å². The lowest BCUT2D eigenvalue weighted by atomic mass is 10.3. The standard InChI is InChI=1S/C10H16N2O3S/c1-2-9(10(13)14)16(15)7-3-5-12-6-4-11-8-12/h4,6,8-9H,2-3,5,7H2,1H3,(H,13,14). The van der Waals surface area contributed by atoms with Gasteiger partial charge in [0.15, 0.2) is 0 Å². The van der Waals surface area contributed by atoms with Crippen LogP contribution in [-0.4, -0.2) is 35.8 Å². The maximum atomic E-state index is 11.6. The molecule has 1 rings (SSSR count). The Labute approximate surface area is 97.0 Å². The molecule has 16 heavy (non-hydrogen) atoms. The van der Waals surface area contributed by atoms with Crippen molar-refractivity contribution in [3.63, 3.8) is 0 Å². The van der Waals surface area contributed by atoms with Gasteiger partial charge in [0, 0.05) is 35.5 Å². The van der Waals surface area contributed by atoms with E-state index in [9.17, 15) is 9.00 Å². The summed E-state index contributed by atoms with van der Waals surface area (Å²) in [4.78, 5) is 14.6. The first-order valence-electron chi connectivity index (χ1n) is 5.21. The summed E-state index contributed by atoms with van der Waals surface area (Å²) in [5, 5.41) is 8.09. The minimum absolute atomic E-state index is 0.410. The Hall–Kier alpha value is -1.17. The molecule has 0 fully saturated rings. The number of carbonyl (C=O) groups is 1. The fourth-order valence-corrected chi connectivity index (χ4v) is 2.72. The molecule has 0 aliphatic heterocycles. The van der Waals surface area contributed by atoms with E-state index in [-0.39, 0.29) is 0 Å². The Morgan fingerprint density at radius 2 is 2.38 bits per heavy atom. The Kier molecular flexibility index (Phi) is 5.18. The molecule has 0 saturated carbocycles. The smallest absolute Gasteiger partial charge is 0.319 e. The van der Waals surface area contributed by atoms with Crippen molar-refractivity contribution in [3.8, 4) is 0 Å². The van der Waals surface area contributed by atoms with Gasteiger partial charge in [-0.05, 0) is 12.8 Å². The van der Waals surface area contributed by atoms with Crippen LogP contribution in [0, 0.1) is 0 Å². The highest BCUT2D eigenvalue weighted by Crippen LogP contribution is 2.05. The lowest BCUT2D eigenvalue weighted by Gasteiger charge is -2.09. The average molecular weight is 244 g/mol. The molecule has 1 aromatic rings. The van der Waals surface area contributed by atoms with Crippen LogP contribution in [0.4, 0.5) is 0 Å². The topological polar surface area (TPSA) is 72.2 Å². The number of aromatic nitrogens is 2. The van der Waals surface area contributed by atoms with Gasteiger partial charge >= 0.3 is 5.97 Å².